The summed E-state index contributed by atoms with van der Waals surface area (Å²) >= 11 is 5.77. The van der Waals surface area contributed by atoms with Crippen LogP contribution in [0.1, 0.15) is 58.8 Å². The maximum atomic E-state index is 15.0. The number of anilines is 1. The van der Waals surface area contributed by atoms with E-state index in [4.69, 9.17) is 25.8 Å². The molecule has 0 spiro atoms. The molecular weight excluding hydrogens is 521 g/mol. The average molecular weight is 558 g/mol. The van der Waals surface area contributed by atoms with Gasteiger partial charge in [-0.25, -0.2) is 9.18 Å². The smallest absolute Gasteiger partial charge is 0.319 e. The van der Waals surface area contributed by atoms with E-state index < -0.39 is 11.8 Å². The number of carbonyl (C=O) groups is 1. The van der Waals surface area contributed by atoms with E-state index in [0.717, 1.165) is 44.1 Å². The fourth-order valence-electron chi connectivity index (χ4n) is 4.98. The minimum absolute atomic E-state index is 0.0863. The molecule has 7 nitrogen and oxygen atoms in total. The van der Waals surface area contributed by atoms with E-state index in [1.807, 2.05) is 6.08 Å². The van der Waals surface area contributed by atoms with Crippen LogP contribution in [0, 0.1) is 23.2 Å². The predicted octanol–water partition coefficient (Wildman–Crippen LogP) is 6.34. The van der Waals surface area contributed by atoms with E-state index >= 15 is 0 Å². The lowest BCUT2D eigenvalue weighted by atomic mass is 9.85. The monoisotopic (exact) mass is 557 g/mol. The van der Waals surface area contributed by atoms with Crippen molar-refractivity contribution in [2.45, 2.75) is 70.9 Å². The Balaban J connectivity index is 1.42. The summed E-state index contributed by atoms with van der Waals surface area (Å²) in [6.45, 7) is 5.01. The predicted molar refractivity (Wildman–Crippen MR) is 151 cm³/mol. The summed E-state index contributed by atoms with van der Waals surface area (Å²) < 4.78 is 32.5. The van der Waals surface area contributed by atoms with Crippen LogP contribution in [0.15, 0.2) is 53.2 Å². The highest BCUT2D eigenvalue weighted by molar-refractivity contribution is 6.17. The van der Waals surface area contributed by atoms with Crippen molar-refractivity contribution < 1.29 is 23.4 Å². The van der Waals surface area contributed by atoms with Gasteiger partial charge < -0.3 is 30.2 Å². The van der Waals surface area contributed by atoms with E-state index in [2.05, 4.69) is 41.8 Å². The third-order valence-electron chi connectivity index (χ3n) is 7.23. The van der Waals surface area contributed by atoms with Crippen molar-refractivity contribution in [3.05, 3.63) is 59.0 Å². The van der Waals surface area contributed by atoms with Crippen LogP contribution in [0.3, 0.4) is 0 Å². The highest BCUT2D eigenvalue weighted by Gasteiger charge is 2.29. The minimum Gasteiger partial charge on any atom is -0.494 e. The third kappa shape index (κ3) is 7.86. The molecule has 4 rings (SSSR count). The van der Waals surface area contributed by atoms with Gasteiger partial charge in [0.1, 0.15) is 23.1 Å². The number of fused-ring (bicyclic) bond motifs is 1. The number of rotatable bonds is 9. The Labute approximate surface area is 235 Å². The van der Waals surface area contributed by atoms with Crippen LogP contribution in [-0.2, 0) is 9.47 Å². The van der Waals surface area contributed by atoms with Crippen LogP contribution < -0.4 is 20.7 Å². The second kappa shape index (κ2) is 13.2. The molecule has 1 heterocycles. The quantitative estimate of drug-likeness (QED) is 0.143. The number of ether oxygens (including phenoxy) is 3. The molecule has 39 heavy (non-hydrogen) atoms. The van der Waals surface area contributed by atoms with Crippen molar-refractivity contribution in [1.82, 2.24) is 10.6 Å². The summed E-state index contributed by atoms with van der Waals surface area (Å²) in [7, 11) is 1.58. The molecule has 1 aliphatic heterocycles. The fourth-order valence-corrected chi connectivity index (χ4v) is 5.09. The van der Waals surface area contributed by atoms with E-state index in [9.17, 15) is 9.18 Å². The first-order chi connectivity index (χ1) is 18.8. The van der Waals surface area contributed by atoms with Gasteiger partial charge in [-0.3, -0.25) is 0 Å². The highest BCUT2D eigenvalue weighted by Crippen LogP contribution is 2.34. The van der Waals surface area contributed by atoms with Crippen molar-refractivity contribution in [2.75, 3.05) is 24.9 Å². The Bertz CT molecular complexity index is 1210. The number of alkyl halides is 1. The van der Waals surface area contributed by atoms with Gasteiger partial charge in [0.2, 0.25) is 0 Å². The van der Waals surface area contributed by atoms with Crippen molar-refractivity contribution >= 4 is 23.3 Å². The number of benzene rings is 1. The summed E-state index contributed by atoms with van der Waals surface area (Å²) in [5, 5.41) is 8.80. The molecule has 0 aromatic heterocycles. The molecule has 0 radical (unpaired) electrons. The van der Waals surface area contributed by atoms with Crippen molar-refractivity contribution in [3.63, 3.8) is 0 Å². The van der Waals surface area contributed by atoms with Crippen molar-refractivity contribution in [2.24, 2.45) is 5.41 Å². The summed E-state index contributed by atoms with van der Waals surface area (Å²) in [5.74, 6) is 4.88. The van der Waals surface area contributed by atoms with Gasteiger partial charge in [0.15, 0.2) is 5.76 Å². The largest absolute Gasteiger partial charge is 0.494 e. The fraction of sp³-hybridized carbons (Fsp3) is 0.500. The summed E-state index contributed by atoms with van der Waals surface area (Å²) in [6, 6.07) is 6.76. The maximum Gasteiger partial charge on any atom is 0.319 e. The van der Waals surface area contributed by atoms with E-state index in [1.54, 1.807) is 19.3 Å². The number of hydrogen-bond acceptors (Lipinski definition) is 5. The lowest BCUT2D eigenvalue weighted by Crippen LogP contribution is -2.37. The molecule has 3 N–H and O–H groups in total. The van der Waals surface area contributed by atoms with Gasteiger partial charge >= 0.3 is 6.03 Å². The molecule has 3 aliphatic rings. The molecule has 210 valence electrons. The molecular formula is C30H37ClFN3O4. The Morgan fingerprint density at radius 1 is 1.28 bits per heavy atom. The van der Waals surface area contributed by atoms with Crippen molar-refractivity contribution in [1.29, 1.82) is 0 Å². The Hall–Kier alpha value is -3.31. The molecule has 2 amide bonds. The molecule has 1 saturated carbocycles. The maximum absolute atomic E-state index is 15.0. The van der Waals surface area contributed by atoms with Crippen LogP contribution in [-0.4, -0.2) is 37.7 Å². The lowest BCUT2D eigenvalue weighted by molar-refractivity contribution is 0.166. The normalized spacial score (nSPS) is 21.9. The lowest BCUT2D eigenvalue weighted by Gasteiger charge is -2.27. The zero-order chi connectivity index (χ0) is 27.8. The number of methoxy groups -OCH3 is 1. The molecule has 2 aliphatic carbocycles. The van der Waals surface area contributed by atoms with E-state index in [0.29, 0.717) is 41.6 Å². The second-order valence-corrected chi connectivity index (χ2v) is 11.2. The number of allylic oxidation sites excluding steroid dienone is 2. The first-order valence-electron chi connectivity index (χ1n) is 13.5. The van der Waals surface area contributed by atoms with Crippen LogP contribution in [0.4, 0.5) is 14.9 Å². The summed E-state index contributed by atoms with van der Waals surface area (Å²) in [6.07, 6.45) is 9.81. The van der Waals surface area contributed by atoms with Crippen LogP contribution >= 0.6 is 11.6 Å². The molecule has 9 heteroatoms. The van der Waals surface area contributed by atoms with Crippen LogP contribution in [0.5, 0.6) is 5.75 Å². The van der Waals surface area contributed by atoms with Gasteiger partial charge in [0, 0.05) is 42.1 Å². The zero-order valence-corrected chi connectivity index (χ0v) is 23.6. The standard InChI is InChI=1S/C30H37ClFN3O4/c1-30(2)12-4-7-20(11-13-30)34-29(36)35-24-10-9-21(17-23(24)32)39-26-8-5-15-33-25-19-28(38-16-6-14-31)27(37-3)18-22(25)26/h8-10,17-18,20,25,33H,4,6-7,11-14,16,19H2,1-3H3,(H2,34,35,36). The Kier molecular flexibility index (Phi) is 9.68. The number of urea groups is 1. The molecule has 0 bridgehead atoms. The van der Waals surface area contributed by atoms with Crippen LogP contribution in [0.2, 0.25) is 0 Å². The van der Waals surface area contributed by atoms with Gasteiger partial charge in [-0.2, -0.15) is 0 Å². The average Bonchev–Trinajstić information content (AvgIpc) is 3.20. The molecule has 2 unspecified atom stereocenters. The molecule has 0 saturated heterocycles. The van der Waals surface area contributed by atoms with Gasteiger partial charge in [0.25, 0.3) is 0 Å². The first-order valence-corrected chi connectivity index (χ1v) is 14.0. The highest BCUT2D eigenvalue weighted by atomic mass is 35.5. The van der Waals surface area contributed by atoms with Gasteiger partial charge in [-0.1, -0.05) is 20.3 Å². The number of carbonyl (C=O) groups excluding carboxylic acids is 1. The number of amides is 2. The Morgan fingerprint density at radius 3 is 2.90 bits per heavy atom. The van der Waals surface area contributed by atoms with Gasteiger partial charge in [-0.15, -0.1) is 11.6 Å². The topological polar surface area (TPSA) is 80.8 Å². The molecule has 1 aromatic carbocycles. The zero-order valence-electron chi connectivity index (χ0n) is 22.8. The third-order valence-corrected chi connectivity index (χ3v) is 7.50. The SMILES string of the molecule is COC1=C(OCCCCl)CC2NC#CC=C(Oc3ccc(NC(=O)NC4CCCC(C)(C)CC4)c(F)c3)C2=C1. The van der Waals surface area contributed by atoms with Crippen LogP contribution in [0.25, 0.3) is 0 Å². The second-order valence-electron chi connectivity index (χ2n) is 10.8. The Morgan fingerprint density at radius 2 is 2.13 bits per heavy atom. The van der Waals surface area contributed by atoms with E-state index in [-0.39, 0.29) is 23.5 Å². The van der Waals surface area contributed by atoms with Gasteiger partial charge in [-0.05, 0) is 61.6 Å². The number of halogens is 2. The summed E-state index contributed by atoms with van der Waals surface area (Å²) in [4.78, 5) is 12.6. The van der Waals surface area contributed by atoms with Gasteiger partial charge in [0.05, 0.1) is 25.4 Å². The molecule has 1 fully saturated rings. The first kappa shape index (κ1) is 28.7. The molecule has 2 atom stereocenters. The minimum atomic E-state index is -0.593. The number of nitrogens with one attached hydrogen (secondary N) is 3. The number of hydrogen-bond donors (Lipinski definition) is 3. The van der Waals surface area contributed by atoms with E-state index in [1.165, 1.54) is 12.1 Å². The summed E-state index contributed by atoms with van der Waals surface area (Å²) in [5.41, 5.74) is 1.17. The molecule has 1 aromatic rings. The van der Waals surface area contributed by atoms with Crippen molar-refractivity contribution in [3.8, 4) is 17.7 Å².